The summed E-state index contributed by atoms with van der Waals surface area (Å²) in [4.78, 5) is 21.5. The third kappa shape index (κ3) is 5.35. The molecule has 0 bridgehead atoms. The average molecular weight is 552 g/mol. The van der Waals surface area contributed by atoms with E-state index in [0.717, 1.165) is 74.0 Å². The van der Waals surface area contributed by atoms with E-state index in [9.17, 15) is 4.79 Å². The number of fused-ring (bicyclic) bond motifs is 1. The molecule has 37 heavy (non-hydrogen) atoms. The van der Waals surface area contributed by atoms with E-state index in [1.54, 1.807) is 23.5 Å². The highest BCUT2D eigenvalue weighted by atomic mass is 35.5. The van der Waals surface area contributed by atoms with Crippen LogP contribution in [0.15, 0.2) is 62.9 Å². The van der Waals surface area contributed by atoms with Crippen LogP contribution in [0.3, 0.4) is 0 Å². The van der Waals surface area contributed by atoms with Crippen LogP contribution < -0.4 is 5.32 Å². The van der Waals surface area contributed by atoms with Crippen molar-refractivity contribution in [3.63, 3.8) is 0 Å². The molecule has 1 saturated carbocycles. The Hall–Kier alpha value is -2.61. The van der Waals surface area contributed by atoms with Crippen LogP contribution >= 0.6 is 35.1 Å². The number of hydrogen-bond donors (Lipinski definition) is 1. The molecule has 8 heteroatoms. The lowest BCUT2D eigenvalue weighted by atomic mass is 9.91. The first-order valence-electron chi connectivity index (χ1n) is 12.3. The molecule has 1 fully saturated rings. The molecular formula is C29H30ClN3O2S2. The minimum atomic E-state index is -0.125. The molecule has 2 aromatic carbocycles. The highest BCUT2D eigenvalue weighted by molar-refractivity contribution is 7.99. The summed E-state index contributed by atoms with van der Waals surface area (Å²) < 4.78 is 6.42. The quantitative estimate of drug-likeness (QED) is 0.232. The molecule has 0 spiro atoms. The Morgan fingerprint density at radius 2 is 1.86 bits per heavy atom. The number of nitrogens with one attached hydrogen (secondary N) is 1. The maximum atomic E-state index is 13.8. The van der Waals surface area contributed by atoms with Gasteiger partial charge in [-0.3, -0.25) is 0 Å². The number of rotatable bonds is 7. The van der Waals surface area contributed by atoms with Crippen LogP contribution in [0.2, 0.25) is 5.02 Å². The first-order chi connectivity index (χ1) is 17.9. The topological polar surface area (TPSA) is 58.4 Å². The predicted octanol–water partition coefficient (Wildman–Crippen LogP) is 8.80. The Labute approximate surface area is 231 Å². The number of nitrogens with zero attached hydrogens (tertiary/aromatic N) is 2. The number of amides is 2. The lowest BCUT2D eigenvalue weighted by Gasteiger charge is -2.37. The molecule has 0 saturated heterocycles. The zero-order chi connectivity index (χ0) is 26.1. The Bertz CT molecular complexity index is 1420. The van der Waals surface area contributed by atoms with Crippen LogP contribution in [0.25, 0.3) is 22.1 Å². The molecule has 0 atom stereocenters. The Morgan fingerprint density at radius 3 is 2.51 bits per heavy atom. The second-order valence-corrected chi connectivity index (χ2v) is 11.5. The van der Waals surface area contributed by atoms with Crippen molar-refractivity contribution in [1.82, 2.24) is 9.88 Å². The number of benzene rings is 2. The fourth-order valence-corrected chi connectivity index (χ4v) is 6.18. The first kappa shape index (κ1) is 26.0. The molecule has 5 nitrogen and oxygen atoms in total. The van der Waals surface area contributed by atoms with Gasteiger partial charge >= 0.3 is 6.03 Å². The summed E-state index contributed by atoms with van der Waals surface area (Å²) in [5.41, 5.74) is 5.72. The maximum absolute atomic E-state index is 13.8. The number of urea groups is 1. The number of thioether (sulfide) groups is 2. The summed E-state index contributed by atoms with van der Waals surface area (Å²) in [6, 6.07) is 16.1. The van der Waals surface area contributed by atoms with E-state index in [4.69, 9.17) is 16.0 Å². The summed E-state index contributed by atoms with van der Waals surface area (Å²) in [5.74, 6) is 0.780. The van der Waals surface area contributed by atoms with Gasteiger partial charge in [0.05, 0.1) is 12.2 Å². The number of carbonyl (C=O) groups excluding carboxylic acids is 1. The van der Waals surface area contributed by atoms with Crippen LogP contribution in [-0.2, 0) is 6.54 Å². The Morgan fingerprint density at radius 1 is 1.11 bits per heavy atom. The number of anilines is 1. The zero-order valence-corrected chi connectivity index (χ0v) is 23.8. The fraction of sp³-hybridized carbons (Fsp3) is 0.310. The molecule has 192 valence electrons. The van der Waals surface area contributed by atoms with Crippen molar-refractivity contribution < 1.29 is 9.21 Å². The zero-order valence-electron chi connectivity index (χ0n) is 21.4. The number of furan rings is 1. The van der Waals surface area contributed by atoms with Gasteiger partial charge in [0, 0.05) is 32.6 Å². The SMILES string of the molecule is CSc1cc(C)nc(SC)c1NC(=O)N(Cc1oc2ccc(C)cc2c1-c1ccc(Cl)cc1)C1CCC1. The molecule has 2 amide bonds. The van der Waals surface area contributed by atoms with E-state index in [2.05, 4.69) is 29.4 Å². The van der Waals surface area contributed by atoms with Gasteiger partial charge in [-0.2, -0.15) is 0 Å². The van der Waals surface area contributed by atoms with Crippen molar-refractivity contribution in [2.45, 2.75) is 55.6 Å². The van der Waals surface area contributed by atoms with E-state index in [1.165, 1.54) is 0 Å². The second kappa shape index (κ2) is 11.0. The summed E-state index contributed by atoms with van der Waals surface area (Å²) in [6.07, 6.45) is 7.10. The lowest BCUT2D eigenvalue weighted by Crippen LogP contribution is -2.45. The van der Waals surface area contributed by atoms with Crippen LogP contribution in [0.5, 0.6) is 0 Å². The molecule has 1 aliphatic carbocycles. The molecule has 0 unspecified atom stereocenters. The largest absolute Gasteiger partial charge is 0.459 e. The minimum Gasteiger partial charge on any atom is -0.459 e. The highest BCUT2D eigenvalue weighted by Gasteiger charge is 2.32. The van der Waals surface area contributed by atoms with Crippen LogP contribution in [0.1, 0.15) is 36.3 Å². The van der Waals surface area contributed by atoms with Gasteiger partial charge in [-0.15, -0.1) is 23.5 Å². The molecule has 0 aliphatic heterocycles. The number of hydrogen-bond acceptors (Lipinski definition) is 5. The van der Waals surface area contributed by atoms with Crippen molar-refractivity contribution in [2.75, 3.05) is 17.8 Å². The lowest BCUT2D eigenvalue weighted by molar-refractivity contribution is 0.138. The summed E-state index contributed by atoms with van der Waals surface area (Å²) in [5, 5.41) is 5.77. The van der Waals surface area contributed by atoms with Crippen molar-refractivity contribution in [3.05, 3.63) is 70.6 Å². The maximum Gasteiger partial charge on any atom is 0.322 e. The number of halogens is 1. The van der Waals surface area contributed by atoms with Gasteiger partial charge in [-0.25, -0.2) is 9.78 Å². The number of carbonyl (C=O) groups is 1. The summed E-state index contributed by atoms with van der Waals surface area (Å²) in [6.45, 7) is 4.44. The Balaban J connectivity index is 1.54. The van der Waals surface area contributed by atoms with E-state index in [-0.39, 0.29) is 12.1 Å². The molecule has 1 aliphatic rings. The predicted molar refractivity (Wildman–Crippen MR) is 156 cm³/mol. The van der Waals surface area contributed by atoms with Gasteiger partial charge in [-0.05, 0) is 81.5 Å². The van der Waals surface area contributed by atoms with Crippen LogP contribution in [0.4, 0.5) is 10.5 Å². The normalized spacial score (nSPS) is 13.5. The smallest absolute Gasteiger partial charge is 0.322 e. The van der Waals surface area contributed by atoms with Gasteiger partial charge in [0.1, 0.15) is 16.4 Å². The number of aryl methyl sites for hydroxylation is 2. The monoisotopic (exact) mass is 551 g/mol. The second-order valence-electron chi connectivity index (χ2n) is 9.40. The molecule has 2 aromatic heterocycles. The van der Waals surface area contributed by atoms with Crippen LogP contribution in [0, 0.1) is 13.8 Å². The highest BCUT2D eigenvalue weighted by Crippen LogP contribution is 2.39. The first-order valence-corrected chi connectivity index (χ1v) is 15.2. The van der Waals surface area contributed by atoms with E-state index >= 15 is 0 Å². The number of aromatic nitrogens is 1. The summed E-state index contributed by atoms with van der Waals surface area (Å²) in [7, 11) is 0. The van der Waals surface area contributed by atoms with Gasteiger partial charge < -0.3 is 14.6 Å². The van der Waals surface area contributed by atoms with Gasteiger partial charge in [-0.1, -0.05) is 35.4 Å². The standard InChI is InChI=1S/C29H30ClN3O2S2/c1-17-8-13-23-22(14-17)26(19-9-11-20(30)12-10-19)24(35-23)16-33(21-6-5-7-21)29(34)32-27-25(36-3)15-18(2)31-28(27)37-4/h8-15,21H,5-7,16H2,1-4H3,(H,32,34). The van der Waals surface area contributed by atoms with Gasteiger partial charge in [0.25, 0.3) is 0 Å². The van der Waals surface area contributed by atoms with Crippen LogP contribution in [-0.4, -0.2) is 34.5 Å². The molecule has 5 rings (SSSR count). The third-order valence-electron chi connectivity index (χ3n) is 6.86. The third-order valence-corrected chi connectivity index (χ3v) is 8.56. The van der Waals surface area contributed by atoms with E-state index in [1.807, 2.05) is 60.7 Å². The van der Waals surface area contributed by atoms with Crippen molar-refractivity contribution >= 4 is 57.8 Å². The number of pyridine rings is 1. The fourth-order valence-electron chi connectivity index (χ4n) is 4.74. The van der Waals surface area contributed by atoms with Gasteiger partial charge in [0.15, 0.2) is 0 Å². The van der Waals surface area contributed by atoms with E-state index in [0.29, 0.717) is 11.6 Å². The summed E-state index contributed by atoms with van der Waals surface area (Å²) >= 11 is 9.35. The molecule has 4 aromatic rings. The molecular weight excluding hydrogens is 522 g/mol. The molecule has 0 radical (unpaired) electrons. The van der Waals surface area contributed by atoms with Crippen molar-refractivity contribution in [2.24, 2.45) is 0 Å². The van der Waals surface area contributed by atoms with Gasteiger partial charge in [0.2, 0.25) is 0 Å². The van der Waals surface area contributed by atoms with Crippen molar-refractivity contribution in [1.29, 1.82) is 0 Å². The Kier molecular flexibility index (Phi) is 7.75. The van der Waals surface area contributed by atoms with Crippen molar-refractivity contribution in [3.8, 4) is 11.1 Å². The minimum absolute atomic E-state index is 0.125. The molecule has 1 N–H and O–H groups in total. The van der Waals surface area contributed by atoms with E-state index < -0.39 is 0 Å². The molecule has 2 heterocycles. The average Bonchev–Trinajstić information content (AvgIpc) is 3.20.